The van der Waals surface area contributed by atoms with Crippen LogP contribution in [0, 0.1) is 10.1 Å². The Kier molecular flexibility index (Phi) is 5.69. The lowest BCUT2D eigenvalue weighted by molar-refractivity contribution is -0.384. The third kappa shape index (κ3) is 3.95. The van der Waals surface area contributed by atoms with Crippen LogP contribution in [0.15, 0.2) is 53.7 Å². The molecule has 0 spiro atoms. The van der Waals surface area contributed by atoms with E-state index in [4.69, 9.17) is 15.2 Å². The zero-order valence-electron chi connectivity index (χ0n) is 18.2. The number of non-ortho nitro benzene ring substituents is 1. The summed E-state index contributed by atoms with van der Waals surface area (Å²) in [5, 5.41) is 18.6. The van der Waals surface area contributed by atoms with E-state index in [0.717, 1.165) is 0 Å². The topological polar surface area (TPSA) is 147 Å². The fraction of sp³-hybridized carbons (Fsp3) is 0.227. The van der Waals surface area contributed by atoms with Crippen molar-refractivity contribution in [3.63, 3.8) is 0 Å². The van der Waals surface area contributed by atoms with E-state index in [1.54, 1.807) is 35.9 Å². The summed E-state index contributed by atoms with van der Waals surface area (Å²) < 4.78 is 12.6. The predicted octanol–water partition coefficient (Wildman–Crippen LogP) is 3.03. The molecule has 1 unspecified atom stereocenters. The number of allylic oxidation sites excluding steroid dienone is 1. The third-order valence-corrected chi connectivity index (χ3v) is 5.26. The van der Waals surface area contributed by atoms with Crippen molar-refractivity contribution in [1.82, 2.24) is 14.8 Å². The lowest BCUT2D eigenvalue weighted by Crippen LogP contribution is -2.31. The molecule has 1 aliphatic heterocycles. The number of rotatable bonds is 7. The van der Waals surface area contributed by atoms with E-state index >= 15 is 0 Å². The monoisotopic (exact) mass is 450 g/mol. The third-order valence-electron chi connectivity index (χ3n) is 5.26. The van der Waals surface area contributed by atoms with Crippen molar-refractivity contribution < 1.29 is 19.2 Å². The molecular weight excluding hydrogens is 428 g/mol. The second-order valence-electron chi connectivity index (χ2n) is 7.28. The summed E-state index contributed by atoms with van der Waals surface area (Å²) >= 11 is 0. The summed E-state index contributed by atoms with van der Waals surface area (Å²) in [4.78, 5) is 27.4. The number of nitrogens with two attached hydrogens (primary N) is 1. The number of methoxy groups -OCH3 is 1. The van der Waals surface area contributed by atoms with E-state index in [9.17, 15) is 14.9 Å². The van der Waals surface area contributed by atoms with Crippen LogP contribution in [0.25, 0.3) is 11.4 Å². The number of benzene rings is 2. The summed E-state index contributed by atoms with van der Waals surface area (Å²) in [5.74, 6) is 1.23. The minimum Gasteiger partial charge on any atom is -0.493 e. The van der Waals surface area contributed by atoms with Gasteiger partial charge in [0.25, 0.3) is 5.69 Å². The Hall–Kier alpha value is -4.41. The first-order valence-electron chi connectivity index (χ1n) is 10.1. The molecule has 33 heavy (non-hydrogen) atoms. The van der Waals surface area contributed by atoms with Crippen LogP contribution in [0.2, 0.25) is 0 Å². The summed E-state index contributed by atoms with van der Waals surface area (Å²) in [5.41, 5.74) is 7.87. The number of carbonyl (C=O) groups is 1. The first kappa shape index (κ1) is 21.8. The standard InChI is InChI=1S/C22H22N6O5/c1-4-33-16-10-7-14(11-17(16)32-3)19-18(20(23)29)12(2)24-22-25-21(26-27(19)22)13-5-8-15(9-6-13)28(30)31/h5-11,19H,4H2,1-3H3,(H2,23,29)(H,24,25,26). The molecule has 3 aromatic rings. The van der Waals surface area contributed by atoms with Crippen molar-refractivity contribution in [2.24, 2.45) is 5.73 Å². The second-order valence-corrected chi connectivity index (χ2v) is 7.28. The summed E-state index contributed by atoms with van der Waals surface area (Å²) in [6.45, 7) is 4.09. The quantitative estimate of drug-likeness (QED) is 0.412. The molecule has 1 atom stereocenters. The highest BCUT2D eigenvalue weighted by molar-refractivity contribution is 5.95. The Balaban J connectivity index is 1.83. The highest BCUT2D eigenvalue weighted by atomic mass is 16.6. The van der Waals surface area contributed by atoms with Gasteiger partial charge in [0.1, 0.15) is 6.04 Å². The highest BCUT2D eigenvalue weighted by Crippen LogP contribution is 2.39. The number of nitrogens with zero attached hydrogens (tertiary/aromatic N) is 4. The van der Waals surface area contributed by atoms with Gasteiger partial charge in [0.2, 0.25) is 11.9 Å². The maximum atomic E-state index is 12.4. The molecule has 0 aliphatic carbocycles. The largest absolute Gasteiger partial charge is 0.493 e. The van der Waals surface area contributed by atoms with Gasteiger partial charge < -0.3 is 20.5 Å². The Morgan fingerprint density at radius 1 is 1.24 bits per heavy atom. The average Bonchev–Trinajstić information content (AvgIpc) is 3.22. The maximum absolute atomic E-state index is 12.4. The SMILES string of the molecule is CCOc1ccc(C2C(C(N)=O)=C(C)Nc3nc(-c4ccc([N+](=O)[O-])cc4)nn32)cc1OC. The number of carbonyl (C=O) groups excluding carboxylic acids is 1. The predicted molar refractivity (Wildman–Crippen MR) is 120 cm³/mol. The van der Waals surface area contributed by atoms with E-state index in [0.29, 0.717) is 52.3 Å². The van der Waals surface area contributed by atoms with Gasteiger partial charge >= 0.3 is 0 Å². The first-order valence-corrected chi connectivity index (χ1v) is 10.1. The molecule has 0 radical (unpaired) electrons. The van der Waals surface area contributed by atoms with Gasteiger partial charge in [0.15, 0.2) is 17.3 Å². The van der Waals surface area contributed by atoms with Crippen molar-refractivity contribution in [1.29, 1.82) is 0 Å². The Bertz CT molecular complexity index is 1260. The van der Waals surface area contributed by atoms with Crippen molar-refractivity contribution in [3.8, 4) is 22.9 Å². The van der Waals surface area contributed by atoms with Crippen LogP contribution in [-0.2, 0) is 4.79 Å². The molecule has 0 saturated heterocycles. The molecule has 1 aliphatic rings. The molecule has 11 nitrogen and oxygen atoms in total. The smallest absolute Gasteiger partial charge is 0.269 e. The van der Waals surface area contributed by atoms with Crippen molar-refractivity contribution in [2.45, 2.75) is 19.9 Å². The maximum Gasteiger partial charge on any atom is 0.269 e. The Morgan fingerprint density at radius 3 is 2.58 bits per heavy atom. The van der Waals surface area contributed by atoms with Gasteiger partial charge in [-0.3, -0.25) is 14.9 Å². The van der Waals surface area contributed by atoms with E-state index < -0.39 is 16.9 Å². The van der Waals surface area contributed by atoms with Crippen LogP contribution in [0.5, 0.6) is 11.5 Å². The molecule has 1 aromatic heterocycles. The number of hydrogen-bond donors (Lipinski definition) is 2. The minimum atomic E-state index is -0.664. The summed E-state index contributed by atoms with van der Waals surface area (Å²) in [6, 6.07) is 10.6. The normalized spacial score (nSPS) is 14.9. The average molecular weight is 450 g/mol. The zero-order chi connectivity index (χ0) is 23.7. The zero-order valence-corrected chi connectivity index (χ0v) is 18.2. The number of nitrogens with one attached hydrogen (secondary N) is 1. The second kappa shape index (κ2) is 8.61. The van der Waals surface area contributed by atoms with E-state index in [1.807, 2.05) is 13.0 Å². The fourth-order valence-electron chi connectivity index (χ4n) is 3.76. The van der Waals surface area contributed by atoms with Crippen molar-refractivity contribution >= 4 is 17.5 Å². The first-order chi connectivity index (χ1) is 15.8. The van der Waals surface area contributed by atoms with Crippen molar-refractivity contribution in [3.05, 3.63) is 69.4 Å². The number of hydrogen-bond acceptors (Lipinski definition) is 8. The fourth-order valence-corrected chi connectivity index (χ4v) is 3.76. The van der Waals surface area contributed by atoms with Crippen LogP contribution in [-0.4, -0.2) is 39.3 Å². The number of nitro groups is 1. The molecule has 2 aromatic carbocycles. The van der Waals surface area contributed by atoms with E-state index in [2.05, 4.69) is 15.4 Å². The lowest BCUT2D eigenvalue weighted by Gasteiger charge is -2.28. The number of fused-ring (bicyclic) bond motifs is 1. The number of anilines is 1. The number of nitro benzene ring substituents is 1. The van der Waals surface area contributed by atoms with Crippen LogP contribution in [0.3, 0.4) is 0 Å². The van der Waals surface area contributed by atoms with Crippen LogP contribution >= 0.6 is 0 Å². The molecular formula is C22H22N6O5. The number of amides is 1. The highest BCUT2D eigenvalue weighted by Gasteiger charge is 2.34. The van der Waals surface area contributed by atoms with Gasteiger partial charge in [-0.15, -0.1) is 5.10 Å². The molecule has 0 bridgehead atoms. The lowest BCUT2D eigenvalue weighted by atomic mass is 9.95. The van der Waals surface area contributed by atoms with Gasteiger partial charge in [-0.25, -0.2) is 4.68 Å². The van der Waals surface area contributed by atoms with E-state index in [-0.39, 0.29) is 5.69 Å². The van der Waals surface area contributed by atoms with Crippen LogP contribution < -0.4 is 20.5 Å². The Morgan fingerprint density at radius 2 is 1.97 bits per heavy atom. The van der Waals surface area contributed by atoms with E-state index in [1.165, 1.54) is 19.2 Å². The van der Waals surface area contributed by atoms with Crippen molar-refractivity contribution in [2.75, 3.05) is 19.0 Å². The Labute approximate surface area is 189 Å². The molecule has 170 valence electrons. The molecule has 0 fully saturated rings. The van der Waals surface area contributed by atoms with Gasteiger partial charge in [-0.05, 0) is 43.7 Å². The van der Waals surface area contributed by atoms with Crippen LogP contribution in [0.1, 0.15) is 25.5 Å². The van der Waals surface area contributed by atoms with Gasteiger partial charge in [-0.1, -0.05) is 6.07 Å². The number of primary amides is 1. The summed E-state index contributed by atoms with van der Waals surface area (Å²) in [7, 11) is 1.54. The molecule has 1 amide bonds. The summed E-state index contributed by atoms with van der Waals surface area (Å²) in [6.07, 6.45) is 0. The van der Waals surface area contributed by atoms with Gasteiger partial charge in [-0.2, -0.15) is 4.98 Å². The number of ether oxygens (including phenoxy) is 2. The molecule has 3 N–H and O–H groups in total. The molecule has 4 rings (SSSR count). The molecule has 2 heterocycles. The molecule has 0 saturated carbocycles. The minimum absolute atomic E-state index is 0.0336. The van der Waals surface area contributed by atoms with Crippen LogP contribution in [0.4, 0.5) is 11.6 Å². The van der Waals surface area contributed by atoms with Gasteiger partial charge in [0.05, 0.1) is 24.2 Å². The molecule has 11 heteroatoms. The number of aromatic nitrogens is 3. The van der Waals surface area contributed by atoms with Gasteiger partial charge in [0, 0.05) is 23.4 Å².